The number of carboxylic acids is 2. The van der Waals surface area contributed by atoms with Crippen LogP contribution in [0.3, 0.4) is 0 Å². The van der Waals surface area contributed by atoms with Crippen LogP contribution in [0.1, 0.15) is 20.7 Å². The second-order valence-electron chi connectivity index (χ2n) is 2.77. The Morgan fingerprint density at radius 1 is 1.00 bits per heavy atom. The minimum absolute atomic E-state index is 0. The van der Waals surface area contributed by atoms with Crippen LogP contribution in [0.2, 0.25) is 0 Å². The molecule has 0 saturated carbocycles. The lowest BCUT2D eigenvalue weighted by Gasteiger charge is -2.05. The molecule has 0 heterocycles. The van der Waals surface area contributed by atoms with Crippen molar-refractivity contribution in [1.82, 2.24) is 6.15 Å². The van der Waals surface area contributed by atoms with Crippen LogP contribution in [0.4, 0.5) is 0 Å². The Bertz CT molecular complexity index is 531. The fourth-order valence-electron chi connectivity index (χ4n) is 1.15. The largest absolute Gasteiger partial charge is 0.478 e. The number of hydrogen-bond acceptors (Lipinski definition) is 5. The molecule has 0 aliphatic rings. The molecule has 1 rings (SSSR count). The summed E-state index contributed by atoms with van der Waals surface area (Å²) in [4.78, 5) is 20.2. The van der Waals surface area contributed by atoms with Crippen molar-refractivity contribution in [3.63, 3.8) is 0 Å². The van der Waals surface area contributed by atoms with Gasteiger partial charge in [0.05, 0.1) is 11.1 Å². The van der Waals surface area contributed by atoms with Crippen LogP contribution in [0.25, 0.3) is 0 Å². The van der Waals surface area contributed by atoms with E-state index in [1.807, 2.05) is 0 Å². The fraction of sp³-hybridized carbons (Fsp3) is 0. The molecule has 0 radical (unpaired) electrons. The third-order valence-electron chi connectivity index (χ3n) is 1.73. The van der Waals surface area contributed by atoms with Crippen LogP contribution >= 0.6 is 0 Å². The molecule has 8 nitrogen and oxygen atoms in total. The zero-order valence-corrected chi connectivity index (χ0v) is 9.14. The lowest BCUT2D eigenvalue weighted by Crippen LogP contribution is -2.14. The number of aromatic carboxylic acids is 2. The number of benzene rings is 1. The van der Waals surface area contributed by atoms with Gasteiger partial charge >= 0.3 is 11.9 Å². The van der Waals surface area contributed by atoms with E-state index in [2.05, 4.69) is 0 Å². The molecular formula is C8H9NO7S. The summed E-state index contributed by atoms with van der Waals surface area (Å²) in [5.41, 5.74) is -1.58. The SMILES string of the molecule is N.O=C(O)c1cccc(C(=O)O)c1S(=O)(=O)O. The van der Waals surface area contributed by atoms with E-state index in [4.69, 9.17) is 14.8 Å². The van der Waals surface area contributed by atoms with Gasteiger partial charge in [-0.05, 0) is 12.1 Å². The van der Waals surface area contributed by atoms with Gasteiger partial charge in [-0.25, -0.2) is 9.59 Å². The first-order chi connectivity index (χ1) is 7.25. The van der Waals surface area contributed by atoms with Gasteiger partial charge in [0.25, 0.3) is 10.1 Å². The molecule has 0 spiro atoms. The Morgan fingerprint density at radius 2 is 1.35 bits per heavy atom. The number of rotatable bonds is 3. The van der Waals surface area contributed by atoms with Crippen LogP contribution in [-0.2, 0) is 10.1 Å². The molecule has 0 atom stereocenters. The van der Waals surface area contributed by atoms with Gasteiger partial charge in [-0.3, -0.25) is 4.55 Å². The molecule has 1 aromatic carbocycles. The highest BCUT2D eigenvalue weighted by molar-refractivity contribution is 7.86. The van der Waals surface area contributed by atoms with Crippen molar-refractivity contribution in [2.75, 3.05) is 0 Å². The Hall–Kier alpha value is -1.97. The summed E-state index contributed by atoms with van der Waals surface area (Å²) in [6.07, 6.45) is 0. The van der Waals surface area contributed by atoms with Crippen molar-refractivity contribution in [2.45, 2.75) is 4.90 Å². The minimum Gasteiger partial charge on any atom is -0.478 e. The van der Waals surface area contributed by atoms with E-state index in [0.29, 0.717) is 0 Å². The summed E-state index contributed by atoms with van der Waals surface area (Å²) >= 11 is 0. The molecule has 0 aromatic heterocycles. The van der Waals surface area contributed by atoms with Crippen molar-refractivity contribution in [2.24, 2.45) is 0 Å². The molecule has 0 saturated heterocycles. The van der Waals surface area contributed by atoms with Gasteiger partial charge in [0.2, 0.25) is 0 Å². The molecule has 0 amide bonds. The smallest absolute Gasteiger partial charge is 0.337 e. The number of carbonyl (C=O) groups is 2. The Morgan fingerprint density at radius 3 is 1.59 bits per heavy atom. The standard InChI is InChI=1S/C8H6O7S.H3N/c9-7(10)4-2-1-3-5(8(11)12)6(4)16(13,14)15;/h1-3H,(H,9,10)(H,11,12)(H,13,14,15);1H3. The lowest BCUT2D eigenvalue weighted by molar-refractivity contribution is 0.0688. The van der Waals surface area contributed by atoms with Crippen LogP contribution in [0, 0.1) is 0 Å². The first-order valence-corrected chi connectivity index (χ1v) is 5.26. The van der Waals surface area contributed by atoms with Gasteiger partial charge in [0, 0.05) is 0 Å². The molecular weight excluding hydrogens is 254 g/mol. The van der Waals surface area contributed by atoms with Gasteiger partial charge in [0.15, 0.2) is 0 Å². The summed E-state index contributed by atoms with van der Waals surface area (Å²) in [6, 6.07) is 2.84. The van der Waals surface area contributed by atoms with Crippen molar-refractivity contribution in [3.8, 4) is 0 Å². The van der Waals surface area contributed by atoms with E-state index in [1.54, 1.807) is 0 Å². The highest BCUT2D eigenvalue weighted by atomic mass is 32.2. The normalized spacial score (nSPS) is 10.4. The van der Waals surface area contributed by atoms with E-state index < -0.39 is 38.1 Å². The predicted molar refractivity (Wildman–Crippen MR) is 55.2 cm³/mol. The second-order valence-corrected chi connectivity index (χ2v) is 4.13. The zero-order chi connectivity index (χ0) is 12.5. The van der Waals surface area contributed by atoms with E-state index >= 15 is 0 Å². The van der Waals surface area contributed by atoms with Gasteiger partial charge in [-0.15, -0.1) is 0 Å². The molecule has 6 N–H and O–H groups in total. The second kappa shape index (κ2) is 4.91. The summed E-state index contributed by atoms with van der Waals surface area (Å²) in [7, 11) is -4.92. The van der Waals surface area contributed by atoms with Crippen LogP contribution in [0.5, 0.6) is 0 Å². The van der Waals surface area contributed by atoms with Crippen molar-refractivity contribution in [1.29, 1.82) is 0 Å². The van der Waals surface area contributed by atoms with E-state index in [1.165, 1.54) is 0 Å². The summed E-state index contributed by atoms with van der Waals surface area (Å²) in [5.74, 6) is -3.29. The molecule has 0 fully saturated rings. The van der Waals surface area contributed by atoms with Crippen molar-refractivity contribution >= 4 is 22.1 Å². The maximum Gasteiger partial charge on any atom is 0.337 e. The third-order valence-corrected chi connectivity index (χ3v) is 2.69. The predicted octanol–water partition coefficient (Wildman–Crippen LogP) is 0.492. The van der Waals surface area contributed by atoms with E-state index in [-0.39, 0.29) is 6.15 Å². The summed E-state index contributed by atoms with van der Waals surface area (Å²) in [5, 5.41) is 17.3. The molecule has 0 aliphatic heterocycles. The number of carboxylic acid groups (broad SMARTS) is 2. The van der Waals surface area contributed by atoms with Crippen LogP contribution in [-0.4, -0.2) is 35.1 Å². The zero-order valence-electron chi connectivity index (χ0n) is 8.32. The van der Waals surface area contributed by atoms with Gasteiger partial charge < -0.3 is 16.4 Å². The molecule has 1 aromatic rings. The van der Waals surface area contributed by atoms with Crippen LogP contribution in [0.15, 0.2) is 23.1 Å². The molecule has 9 heteroatoms. The van der Waals surface area contributed by atoms with Crippen molar-refractivity contribution < 1.29 is 32.8 Å². The maximum atomic E-state index is 10.9. The first kappa shape index (κ1) is 15.0. The molecule has 17 heavy (non-hydrogen) atoms. The average Bonchev–Trinajstić information content (AvgIpc) is 2.15. The fourth-order valence-corrected chi connectivity index (χ4v) is 2.02. The monoisotopic (exact) mass is 263 g/mol. The lowest BCUT2D eigenvalue weighted by atomic mass is 10.1. The maximum absolute atomic E-state index is 10.9. The van der Waals surface area contributed by atoms with Gasteiger partial charge in [-0.1, -0.05) is 6.07 Å². The van der Waals surface area contributed by atoms with Crippen molar-refractivity contribution in [3.05, 3.63) is 29.3 Å². The summed E-state index contributed by atoms with van der Waals surface area (Å²) < 4.78 is 30.6. The highest BCUT2D eigenvalue weighted by Gasteiger charge is 2.26. The molecule has 0 aliphatic carbocycles. The Balaban J connectivity index is 0.00000256. The average molecular weight is 263 g/mol. The quantitative estimate of drug-likeness (QED) is 0.572. The number of hydrogen-bond donors (Lipinski definition) is 4. The van der Waals surface area contributed by atoms with Gasteiger partial charge in [0.1, 0.15) is 4.90 Å². The Labute approximate surface area is 95.8 Å². The van der Waals surface area contributed by atoms with Crippen LogP contribution < -0.4 is 6.15 Å². The van der Waals surface area contributed by atoms with E-state index in [0.717, 1.165) is 18.2 Å². The first-order valence-electron chi connectivity index (χ1n) is 3.82. The third kappa shape index (κ3) is 3.00. The Kier molecular flexibility index (Phi) is 4.34. The molecule has 94 valence electrons. The highest BCUT2D eigenvalue weighted by Crippen LogP contribution is 2.20. The topological polar surface area (TPSA) is 164 Å². The molecule has 0 unspecified atom stereocenters. The minimum atomic E-state index is -4.92. The van der Waals surface area contributed by atoms with E-state index in [9.17, 15) is 18.0 Å². The molecule has 0 bridgehead atoms. The summed E-state index contributed by atoms with van der Waals surface area (Å²) in [6.45, 7) is 0. The van der Waals surface area contributed by atoms with Gasteiger partial charge in [-0.2, -0.15) is 8.42 Å².